The Kier molecular flexibility index (Phi) is 8.00. The molecule has 36 heavy (non-hydrogen) atoms. The Hall–Kier alpha value is -2.33. The van der Waals surface area contributed by atoms with Crippen LogP contribution in [0.4, 0.5) is 0 Å². The van der Waals surface area contributed by atoms with Crippen LogP contribution in [0.25, 0.3) is 0 Å². The third-order valence-electron chi connectivity index (χ3n) is 9.36. The summed E-state index contributed by atoms with van der Waals surface area (Å²) >= 11 is 0. The Labute approximate surface area is 217 Å². The van der Waals surface area contributed by atoms with Crippen LogP contribution >= 0.6 is 0 Å². The van der Waals surface area contributed by atoms with E-state index in [2.05, 4.69) is 46.2 Å². The number of amides is 1. The van der Waals surface area contributed by atoms with Gasteiger partial charge in [-0.25, -0.2) is 0 Å². The minimum absolute atomic E-state index is 0.0614. The summed E-state index contributed by atoms with van der Waals surface area (Å²) in [5, 5.41) is 10.3. The molecule has 2 aliphatic carbocycles. The number of hydrogen-bond donors (Lipinski definition) is 1. The molecule has 3 fully saturated rings. The molecule has 3 aliphatic rings. The summed E-state index contributed by atoms with van der Waals surface area (Å²) in [6.45, 7) is 3.56. The van der Waals surface area contributed by atoms with Crippen molar-refractivity contribution < 1.29 is 9.90 Å². The fourth-order valence-corrected chi connectivity index (χ4v) is 6.97. The number of rotatable bonds is 10. The van der Waals surface area contributed by atoms with E-state index in [0.29, 0.717) is 24.0 Å². The van der Waals surface area contributed by atoms with Gasteiger partial charge in [0.1, 0.15) is 5.75 Å². The first-order valence-electron chi connectivity index (χ1n) is 14.3. The van der Waals surface area contributed by atoms with Crippen LogP contribution in [0.3, 0.4) is 0 Å². The highest BCUT2D eigenvalue weighted by molar-refractivity contribution is 5.76. The Bertz CT molecular complexity index is 1000. The lowest BCUT2D eigenvalue weighted by atomic mass is 9.57. The molecule has 2 aromatic rings. The van der Waals surface area contributed by atoms with E-state index in [1.54, 1.807) is 6.07 Å². The third kappa shape index (κ3) is 5.96. The standard InChI is InChI=1S/C32H44N2O2/c1-33(31(36)14-7-3-6-11-25-9-4-2-5-10-25)29-18-17-28-24-34(23-26-15-16-26)20-19-32(28,22-29)27-12-8-13-30(35)21-27/h2,4-5,8-10,12-13,21,26,28-29,35H,3,6-7,11,14-20,22-24H2,1H3/t28-,29-,32+/m1/s1. The number of aromatic hydroxyl groups is 1. The Balaban J connectivity index is 1.19. The summed E-state index contributed by atoms with van der Waals surface area (Å²) in [7, 11) is 2.04. The van der Waals surface area contributed by atoms with E-state index in [0.717, 1.165) is 70.4 Å². The molecule has 0 unspecified atom stereocenters. The van der Waals surface area contributed by atoms with Gasteiger partial charge in [0, 0.05) is 38.0 Å². The van der Waals surface area contributed by atoms with Gasteiger partial charge in [-0.15, -0.1) is 0 Å². The largest absolute Gasteiger partial charge is 0.508 e. The smallest absolute Gasteiger partial charge is 0.222 e. The maximum atomic E-state index is 13.2. The van der Waals surface area contributed by atoms with Crippen molar-refractivity contribution >= 4 is 5.91 Å². The number of hydrogen-bond acceptors (Lipinski definition) is 3. The number of phenols is 1. The number of likely N-dealkylation sites (tertiary alicyclic amines) is 1. The van der Waals surface area contributed by atoms with Crippen LogP contribution in [0, 0.1) is 11.8 Å². The summed E-state index contributed by atoms with van der Waals surface area (Å²) in [5.74, 6) is 2.19. The van der Waals surface area contributed by atoms with Gasteiger partial charge in [0.15, 0.2) is 0 Å². The maximum absolute atomic E-state index is 13.2. The number of carbonyl (C=O) groups excluding carboxylic acids is 1. The van der Waals surface area contributed by atoms with E-state index >= 15 is 0 Å². The Morgan fingerprint density at radius 2 is 1.86 bits per heavy atom. The number of piperidine rings is 1. The summed E-state index contributed by atoms with van der Waals surface area (Å²) in [4.78, 5) is 18.0. The van der Waals surface area contributed by atoms with Crippen molar-refractivity contribution in [2.45, 2.75) is 82.1 Å². The normalized spacial score (nSPS) is 26.4. The molecular formula is C32H44N2O2. The molecule has 3 atom stereocenters. The van der Waals surface area contributed by atoms with Crippen molar-refractivity contribution in [1.82, 2.24) is 9.80 Å². The lowest BCUT2D eigenvalue weighted by Gasteiger charge is -2.54. The molecule has 2 aromatic carbocycles. The fraction of sp³-hybridized carbons (Fsp3) is 0.594. The molecule has 4 heteroatoms. The minimum atomic E-state index is 0.0614. The number of unbranched alkanes of at least 4 members (excludes halogenated alkanes) is 2. The third-order valence-corrected chi connectivity index (χ3v) is 9.36. The molecule has 5 rings (SSSR count). The highest BCUT2D eigenvalue weighted by Gasteiger charge is 2.49. The Morgan fingerprint density at radius 1 is 1.03 bits per heavy atom. The van der Waals surface area contributed by atoms with E-state index < -0.39 is 0 Å². The molecule has 0 bridgehead atoms. The van der Waals surface area contributed by atoms with Crippen molar-refractivity contribution in [2.24, 2.45) is 11.8 Å². The summed E-state index contributed by atoms with van der Waals surface area (Å²) in [6.07, 6.45) is 12.2. The SMILES string of the molecule is CN(C(=O)CCCCCc1ccccc1)[C@@H]1CC[C@@H]2CN(CC3CC3)CC[C@@]2(c2cccc(O)c2)C1. The van der Waals surface area contributed by atoms with Gasteiger partial charge in [0.05, 0.1) is 0 Å². The van der Waals surface area contributed by atoms with Crippen molar-refractivity contribution in [3.05, 3.63) is 65.7 Å². The van der Waals surface area contributed by atoms with Crippen LogP contribution in [0.15, 0.2) is 54.6 Å². The van der Waals surface area contributed by atoms with Gasteiger partial charge in [0.2, 0.25) is 5.91 Å². The van der Waals surface area contributed by atoms with E-state index in [9.17, 15) is 9.90 Å². The molecule has 0 spiro atoms. The van der Waals surface area contributed by atoms with Crippen LogP contribution in [0.1, 0.15) is 75.3 Å². The topological polar surface area (TPSA) is 43.8 Å². The van der Waals surface area contributed by atoms with E-state index in [1.165, 1.54) is 30.5 Å². The minimum Gasteiger partial charge on any atom is -0.508 e. The molecular weight excluding hydrogens is 444 g/mol. The van der Waals surface area contributed by atoms with Gasteiger partial charge in [-0.2, -0.15) is 0 Å². The Morgan fingerprint density at radius 3 is 2.64 bits per heavy atom. The molecule has 1 aliphatic heterocycles. The number of carbonyl (C=O) groups is 1. The van der Waals surface area contributed by atoms with Crippen molar-refractivity contribution in [3.8, 4) is 5.75 Å². The number of aryl methyl sites for hydroxylation is 1. The van der Waals surface area contributed by atoms with Gasteiger partial charge in [-0.05, 0) is 99.4 Å². The van der Waals surface area contributed by atoms with E-state index in [-0.39, 0.29) is 11.5 Å². The summed E-state index contributed by atoms with van der Waals surface area (Å²) < 4.78 is 0. The van der Waals surface area contributed by atoms with Gasteiger partial charge in [0.25, 0.3) is 0 Å². The lowest BCUT2D eigenvalue weighted by molar-refractivity contribution is -0.134. The highest BCUT2D eigenvalue weighted by atomic mass is 16.3. The zero-order valence-electron chi connectivity index (χ0n) is 22.1. The first kappa shape index (κ1) is 25.3. The van der Waals surface area contributed by atoms with Crippen molar-refractivity contribution in [2.75, 3.05) is 26.7 Å². The molecule has 1 amide bonds. The average Bonchev–Trinajstić information content (AvgIpc) is 3.72. The van der Waals surface area contributed by atoms with Crippen LogP contribution in [0.5, 0.6) is 5.75 Å². The van der Waals surface area contributed by atoms with Crippen LogP contribution in [-0.4, -0.2) is 53.5 Å². The number of nitrogens with zero attached hydrogens (tertiary/aromatic N) is 2. The molecule has 1 N–H and O–H groups in total. The highest BCUT2D eigenvalue weighted by Crippen LogP contribution is 2.51. The van der Waals surface area contributed by atoms with Crippen LogP contribution < -0.4 is 0 Å². The van der Waals surface area contributed by atoms with Gasteiger partial charge in [-0.3, -0.25) is 4.79 Å². The zero-order valence-corrected chi connectivity index (χ0v) is 22.1. The molecule has 4 nitrogen and oxygen atoms in total. The first-order chi connectivity index (χ1) is 17.5. The monoisotopic (exact) mass is 488 g/mol. The predicted octanol–water partition coefficient (Wildman–Crippen LogP) is 6.18. The lowest BCUT2D eigenvalue weighted by Crippen LogP contribution is -2.56. The van der Waals surface area contributed by atoms with Crippen LogP contribution in [0.2, 0.25) is 0 Å². The average molecular weight is 489 g/mol. The predicted molar refractivity (Wildman–Crippen MR) is 146 cm³/mol. The fourth-order valence-electron chi connectivity index (χ4n) is 6.97. The second kappa shape index (κ2) is 11.4. The van der Waals surface area contributed by atoms with Crippen LogP contribution in [-0.2, 0) is 16.6 Å². The van der Waals surface area contributed by atoms with Crippen molar-refractivity contribution in [1.29, 1.82) is 0 Å². The zero-order chi connectivity index (χ0) is 25.0. The van der Waals surface area contributed by atoms with Crippen molar-refractivity contribution in [3.63, 3.8) is 0 Å². The first-order valence-corrected chi connectivity index (χ1v) is 14.3. The van der Waals surface area contributed by atoms with E-state index in [4.69, 9.17) is 0 Å². The quantitative estimate of drug-likeness (QED) is 0.406. The van der Waals surface area contributed by atoms with Gasteiger partial charge < -0.3 is 14.9 Å². The molecule has 0 radical (unpaired) electrons. The number of benzene rings is 2. The second-order valence-corrected chi connectivity index (χ2v) is 11.8. The molecule has 194 valence electrons. The molecule has 1 saturated heterocycles. The maximum Gasteiger partial charge on any atom is 0.222 e. The molecule has 2 saturated carbocycles. The summed E-state index contributed by atoms with van der Waals surface area (Å²) in [5.41, 5.74) is 2.73. The van der Waals surface area contributed by atoms with Gasteiger partial charge in [-0.1, -0.05) is 48.9 Å². The second-order valence-electron chi connectivity index (χ2n) is 11.8. The number of phenolic OH excluding ortho intramolecular Hbond substituents is 1. The number of fused-ring (bicyclic) bond motifs is 1. The van der Waals surface area contributed by atoms with E-state index in [1.807, 2.05) is 19.2 Å². The molecule has 1 heterocycles. The molecule has 0 aromatic heterocycles. The van der Waals surface area contributed by atoms with Gasteiger partial charge >= 0.3 is 0 Å². The summed E-state index contributed by atoms with van der Waals surface area (Å²) in [6, 6.07) is 18.9.